The zero-order valence-electron chi connectivity index (χ0n) is 18.8. The molecule has 0 bridgehead atoms. The van der Waals surface area contributed by atoms with Gasteiger partial charge in [0.05, 0.1) is 24.4 Å². The van der Waals surface area contributed by atoms with Crippen LogP contribution in [0.4, 0.5) is 0 Å². The number of fused-ring (bicyclic) bond motifs is 4. The molecule has 0 N–H and O–H groups in total. The normalized spacial score (nSPS) is 24.9. The van der Waals surface area contributed by atoms with Crippen molar-refractivity contribution in [1.29, 1.82) is 0 Å². The molecule has 7 heteroatoms. The second-order valence-electron chi connectivity index (χ2n) is 8.93. The van der Waals surface area contributed by atoms with Crippen molar-refractivity contribution in [2.75, 3.05) is 7.11 Å². The minimum absolute atomic E-state index is 0.0424. The SMILES string of the molecule is COc1ccc(C2=NN3[C@@H](C2)c2cc(Br)ccc2O[C@@]3(C)[C@@H]2Cc3ccccc3C(=O)O2)cc1. The van der Waals surface area contributed by atoms with Gasteiger partial charge < -0.3 is 14.2 Å². The van der Waals surface area contributed by atoms with Gasteiger partial charge in [0.25, 0.3) is 0 Å². The molecule has 3 aliphatic heterocycles. The van der Waals surface area contributed by atoms with Gasteiger partial charge in [0.1, 0.15) is 11.5 Å². The van der Waals surface area contributed by atoms with Crippen molar-refractivity contribution >= 4 is 27.6 Å². The van der Waals surface area contributed by atoms with E-state index in [0.29, 0.717) is 18.4 Å². The zero-order chi connectivity index (χ0) is 23.4. The predicted molar refractivity (Wildman–Crippen MR) is 131 cm³/mol. The number of carbonyl (C=O) groups is 1. The monoisotopic (exact) mass is 518 g/mol. The average molecular weight is 519 g/mol. The maximum Gasteiger partial charge on any atom is 0.338 e. The Bertz CT molecular complexity index is 1320. The van der Waals surface area contributed by atoms with Crippen molar-refractivity contribution in [3.8, 4) is 11.5 Å². The number of hydrogen-bond acceptors (Lipinski definition) is 6. The maximum atomic E-state index is 12.9. The molecule has 0 fully saturated rings. The van der Waals surface area contributed by atoms with Crippen LogP contribution in [0, 0.1) is 0 Å². The number of rotatable bonds is 3. The lowest BCUT2D eigenvalue weighted by Crippen LogP contribution is -2.61. The van der Waals surface area contributed by atoms with E-state index in [-0.39, 0.29) is 12.0 Å². The van der Waals surface area contributed by atoms with E-state index in [1.165, 1.54) is 0 Å². The Morgan fingerprint density at radius 3 is 2.68 bits per heavy atom. The third-order valence-corrected chi connectivity index (χ3v) is 7.42. The Hall–Kier alpha value is -3.32. The van der Waals surface area contributed by atoms with Crippen LogP contribution in [-0.4, -0.2) is 35.6 Å². The first-order valence-corrected chi connectivity index (χ1v) is 12.0. The Balaban J connectivity index is 1.43. The van der Waals surface area contributed by atoms with E-state index in [9.17, 15) is 4.79 Å². The highest BCUT2D eigenvalue weighted by Gasteiger charge is 2.54. The van der Waals surface area contributed by atoms with Crippen molar-refractivity contribution < 1.29 is 19.0 Å². The fraction of sp³-hybridized carbons (Fsp3) is 0.259. The van der Waals surface area contributed by atoms with Crippen molar-refractivity contribution in [3.05, 3.63) is 93.5 Å². The minimum atomic E-state index is -0.969. The molecule has 3 atom stereocenters. The van der Waals surface area contributed by atoms with Crippen molar-refractivity contribution in [2.24, 2.45) is 5.10 Å². The van der Waals surface area contributed by atoms with Gasteiger partial charge in [-0.3, -0.25) is 0 Å². The molecule has 0 unspecified atom stereocenters. The number of cyclic esters (lactones) is 1. The summed E-state index contributed by atoms with van der Waals surface area (Å²) < 4.78 is 18.9. The molecular formula is C27H23BrN2O4. The number of carbonyl (C=O) groups excluding carboxylic acids is 1. The Kier molecular flexibility index (Phi) is 4.92. The van der Waals surface area contributed by atoms with E-state index in [2.05, 4.69) is 22.0 Å². The second kappa shape index (κ2) is 7.87. The third kappa shape index (κ3) is 3.29. The van der Waals surface area contributed by atoms with E-state index in [4.69, 9.17) is 19.3 Å². The van der Waals surface area contributed by atoms with Crippen LogP contribution in [0.3, 0.4) is 0 Å². The molecule has 3 aromatic carbocycles. The summed E-state index contributed by atoms with van der Waals surface area (Å²) in [6.45, 7) is 1.97. The lowest BCUT2D eigenvalue weighted by Gasteiger charge is -2.49. The number of hydrazone groups is 1. The maximum absolute atomic E-state index is 12.9. The van der Waals surface area contributed by atoms with Gasteiger partial charge >= 0.3 is 5.97 Å². The predicted octanol–water partition coefficient (Wildman–Crippen LogP) is 5.50. The molecule has 6 nitrogen and oxygen atoms in total. The molecule has 0 radical (unpaired) electrons. The molecule has 3 aromatic rings. The fourth-order valence-electron chi connectivity index (χ4n) is 5.11. The van der Waals surface area contributed by atoms with E-state index in [1.54, 1.807) is 7.11 Å². The lowest BCUT2D eigenvalue weighted by molar-refractivity contribution is -0.175. The van der Waals surface area contributed by atoms with E-state index in [1.807, 2.05) is 72.6 Å². The van der Waals surface area contributed by atoms with Gasteiger partial charge in [0.15, 0.2) is 6.10 Å². The van der Waals surface area contributed by atoms with Gasteiger partial charge in [-0.2, -0.15) is 5.10 Å². The topological polar surface area (TPSA) is 60.4 Å². The Morgan fingerprint density at radius 2 is 1.88 bits per heavy atom. The molecule has 3 heterocycles. The van der Waals surface area contributed by atoms with E-state index >= 15 is 0 Å². The van der Waals surface area contributed by atoms with Crippen LogP contribution < -0.4 is 9.47 Å². The lowest BCUT2D eigenvalue weighted by atomic mass is 9.89. The van der Waals surface area contributed by atoms with Gasteiger partial charge in [0.2, 0.25) is 5.72 Å². The summed E-state index contributed by atoms with van der Waals surface area (Å²) >= 11 is 3.60. The van der Waals surface area contributed by atoms with Crippen LogP contribution in [0.2, 0.25) is 0 Å². The smallest absolute Gasteiger partial charge is 0.338 e. The van der Waals surface area contributed by atoms with Gasteiger partial charge in [-0.1, -0.05) is 34.1 Å². The first kappa shape index (κ1) is 21.2. The standard InChI is InChI=1S/C27H23BrN2O4/c1-27(25-13-17-5-3-4-6-20(17)26(31)33-25)30-23(21-14-18(28)9-12-24(21)34-27)15-22(29-30)16-7-10-19(32-2)11-8-16/h3-12,14,23,25H,13,15H2,1-2H3/t23-,25-,27-/m0/s1. The van der Waals surface area contributed by atoms with Crippen LogP contribution in [0.1, 0.15) is 46.4 Å². The number of halogens is 1. The minimum Gasteiger partial charge on any atom is -0.497 e. The molecule has 0 aliphatic carbocycles. The summed E-state index contributed by atoms with van der Waals surface area (Å²) in [6.07, 6.45) is 0.750. The highest BCUT2D eigenvalue weighted by Crippen LogP contribution is 2.50. The molecule has 0 saturated carbocycles. The molecule has 0 saturated heterocycles. The van der Waals surface area contributed by atoms with Gasteiger partial charge in [-0.15, -0.1) is 0 Å². The van der Waals surface area contributed by atoms with Crippen molar-refractivity contribution in [2.45, 2.75) is 37.6 Å². The van der Waals surface area contributed by atoms with Crippen LogP contribution >= 0.6 is 15.9 Å². The fourth-order valence-corrected chi connectivity index (χ4v) is 5.48. The first-order chi connectivity index (χ1) is 16.5. The summed E-state index contributed by atoms with van der Waals surface area (Å²) in [4.78, 5) is 12.9. The second-order valence-corrected chi connectivity index (χ2v) is 9.85. The van der Waals surface area contributed by atoms with Gasteiger partial charge in [-0.05, 0) is 59.7 Å². The van der Waals surface area contributed by atoms with Crippen LogP contribution in [0.5, 0.6) is 11.5 Å². The summed E-state index contributed by atoms with van der Waals surface area (Å²) in [5.41, 5.74) is 3.65. The quantitative estimate of drug-likeness (QED) is 0.428. The summed E-state index contributed by atoms with van der Waals surface area (Å²) in [5.74, 6) is 1.26. The number of benzene rings is 3. The highest BCUT2D eigenvalue weighted by molar-refractivity contribution is 9.10. The van der Waals surface area contributed by atoms with E-state index < -0.39 is 11.8 Å². The zero-order valence-corrected chi connectivity index (χ0v) is 20.4. The van der Waals surface area contributed by atoms with Crippen LogP contribution in [0.15, 0.2) is 76.3 Å². The number of esters is 1. The molecule has 172 valence electrons. The molecule has 0 amide bonds. The summed E-state index contributed by atoms with van der Waals surface area (Å²) in [6, 6.07) is 21.5. The molecule has 3 aliphatic rings. The Morgan fingerprint density at radius 1 is 1.09 bits per heavy atom. The summed E-state index contributed by atoms with van der Waals surface area (Å²) in [7, 11) is 1.66. The number of methoxy groups -OCH3 is 1. The molecule has 0 aromatic heterocycles. The van der Waals surface area contributed by atoms with Crippen molar-refractivity contribution in [1.82, 2.24) is 5.01 Å². The Labute approximate surface area is 206 Å². The first-order valence-electron chi connectivity index (χ1n) is 11.2. The number of nitrogens with zero attached hydrogens (tertiary/aromatic N) is 2. The average Bonchev–Trinajstić information content (AvgIpc) is 3.32. The van der Waals surface area contributed by atoms with Gasteiger partial charge in [0, 0.05) is 29.8 Å². The van der Waals surface area contributed by atoms with Crippen LogP contribution in [-0.2, 0) is 11.2 Å². The van der Waals surface area contributed by atoms with E-state index in [0.717, 1.165) is 38.4 Å². The molecule has 34 heavy (non-hydrogen) atoms. The van der Waals surface area contributed by atoms with Crippen LogP contribution in [0.25, 0.3) is 0 Å². The molecule has 6 rings (SSSR count). The molecule has 0 spiro atoms. The number of hydrogen-bond donors (Lipinski definition) is 0. The largest absolute Gasteiger partial charge is 0.497 e. The number of ether oxygens (including phenoxy) is 3. The van der Waals surface area contributed by atoms with Crippen molar-refractivity contribution in [3.63, 3.8) is 0 Å². The molecular weight excluding hydrogens is 496 g/mol. The summed E-state index contributed by atoms with van der Waals surface area (Å²) in [5, 5.41) is 7.04. The third-order valence-electron chi connectivity index (χ3n) is 6.93. The highest BCUT2D eigenvalue weighted by atomic mass is 79.9. The van der Waals surface area contributed by atoms with Gasteiger partial charge in [-0.25, -0.2) is 9.80 Å².